The van der Waals surface area contributed by atoms with Crippen LogP contribution in [0.5, 0.6) is 0 Å². The normalized spacial score (nSPS) is 24.9. The Labute approximate surface area is 114 Å². The minimum absolute atomic E-state index is 0.175. The van der Waals surface area contributed by atoms with Gasteiger partial charge in [0.25, 0.3) is 0 Å². The fraction of sp³-hybridized carbons (Fsp3) is 0.562. The quantitative estimate of drug-likeness (QED) is 0.877. The van der Waals surface area contributed by atoms with Gasteiger partial charge in [-0.3, -0.25) is 4.79 Å². The van der Waals surface area contributed by atoms with Gasteiger partial charge in [0.1, 0.15) is 0 Å². The summed E-state index contributed by atoms with van der Waals surface area (Å²) < 4.78 is 0. The summed E-state index contributed by atoms with van der Waals surface area (Å²) in [5.41, 5.74) is 2.02. The summed E-state index contributed by atoms with van der Waals surface area (Å²) in [4.78, 5) is 10.9. The summed E-state index contributed by atoms with van der Waals surface area (Å²) >= 11 is 0. The Bertz CT molecular complexity index is 424. The van der Waals surface area contributed by atoms with Crippen LogP contribution in [0.15, 0.2) is 24.3 Å². The van der Waals surface area contributed by atoms with E-state index >= 15 is 0 Å². The first kappa shape index (κ1) is 14.1. The number of aliphatic hydroxyl groups is 1. The standard InChI is InChI=1S/C16H22O3/c1-11(16(18)19)13-8-6-12(7-9-13)10-14-4-2-3-5-15(14)17/h6-9,11,14-15,17H,2-5,10H2,1H3,(H,18,19)/t11?,14-,15+/m0/s1. The van der Waals surface area contributed by atoms with Gasteiger partial charge >= 0.3 is 5.97 Å². The Morgan fingerprint density at radius 3 is 2.47 bits per heavy atom. The number of aliphatic carboxylic acids is 1. The van der Waals surface area contributed by atoms with Gasteiger partial charge in [0.2, 0.25) is 0 Å². The van der Waals surface area contributed by atoms with Gasteiger partial charge < -0.3 is 10.2 Å². The highest BCUT2D eigenvalue weighted by Gasteiger charge is 2.23. The molecule has 0 amide bonds. The van der Waals surface area contributed by atoms with E-state index < -0.39 is 11.9 Å². The van der Waals surface area contributed by atoms with E-state index in [2.05, 4.69) is 0 Å². The number of hydrogen-bond donors (Lipinski definition) is 2. The number of aliphatic hydroxyl groups excluding tert-OH is 1. The molecular formula is C16H22O3. The number of carboxylic acids is 1. The lowest BCUT2D eigenvalue weighted by Crippen LogP contribution is -2.26. The van der Waals surface area contributed by atoms with Gasteiger partial charge in [-0.1, -0.05) is 37.1 Å². The zero-order chi connectivity index (χ0) is 13.8. The number of benzene rings is 1. The van der Waals surface area contributed by atoms with Gasteiger partial charge in [-0.15, -0.1) is 0 Å². The van der Waals surface area contributed by atoms with Crippen molar-refractivity contribution < 1.29 is 15.0 Å². The maximum atomic E-state index is 10.9. The van der Waals surface area contributed by atoms with E-state index in [1.165, 1.54) is 12.0 Å². The maximum absolute atomic E-state index is 10.9. The highest BCUT2D eigenvalue weighted by Crippen LogP contribution is 2.28. The van der Waals surface area contributed by atoms with E-state index in [1.54, 1.807) is 6.92 Å². The van der Waals surface area contributed by atoms with Crippen LogP contribution in [0.3, 0.4) is 0 Å². The van der Waals surface area contributed by atoms with Crippen LogP contribution in [0, 0.1) is 5.92 Å². The van der Waals surface area contributed by atoms with Crippen molar-refractivity contribution in [2.24, 2.45) is 5.92 Å². The zero-order valence-corrected chi connectivity index (χ0v) is 11.4. The first-order valence-electron chi connectivity index (χ1n) is 7.07. The van der Waals surface area contributed by atoms with Crippen LogP contribution in [-0.2, 0) is 11.2 Å². The number of carbonyl (C=O) groups is 1. The average Bonchev–Trinajstić information content (AvgIpc) is 2.41. The van der Waals surface area contributed by atoms with E-state index in [-0.39, 0.29) is 6.10 Å². The molecule has 0 spiro atoms. The van der Waals surface area contributed by atoms with Crippen molar-refractivity contribution >= 4 is 5.97 Å². The minimum atomic E-state index is -0.796. The first-order chi connectivity index (χ1) is 9.08. The van der Waals surface area contributed by atoms with Crippen LogP contribution in [0.25, 0.3) is 0 Å². The molecule has 2 rings (SSSR count). The predicted octanol–water partition coefficient (Wildman–Crippen LogP) is 2.97. The summed E-state index contributed by atoms with van der Waals surface area (Å²) in [6.07, 6.45) is 5.06. The Morgan fingerprint density at radius 1 is 1.26 bits per heavy atom. The molecule has 0 saturated heterocycles. The van der Waals surface area contributed by atoms with Crippen molar-refractivity contribution in [2.75, 3.05) is 0 Å². The van der Waals surface area contributed by atoms with Crippen LogP contribution in [0.1, 0.15) is 49.7 Å². The SMILES string of the molecule is CC(C(=O)O)c1ccc(C[C@@H]2CCCC[C@H]2O)cc1. The Hall–Kier alpha value is -1.35. The molecule has 0 radical (unpaired) electrons. The predicted molar refractivity (Wildman–Crippen MR) is 74.2 cm³/mol. The van der Waals surface area contributed by atoms with Gasteiger partial charge in [0.05, 0.1) is 12.0 Å². The molecule has 1 aromatic rings. The van der Waals surface area contributed by atoms with Crippen LogP contribution in [-0.4, -0.2) is 22.3 Å². The summed E-state index contributed by atoms with van der Waals surface area (Å²) in [6, 6.07) is 7.78. The fourth-order valence-electron chi connectivity index (χ4n) is 2.81. The lowest BCUT2D eigenvalue weighted by Gasteiger charge is -2.27. The van der Waals surface area contributed by atoms with Gasteiger partial charge in [-0.05, 0) is 43.2 Å². The van der Waals surface area contributed by atoms with Crippen molar-refractivity contribution in [3.63, 3.8) is 0 Å². The molecule has 0 bridgehead atoms. The van der Waals surface area contributed by atoms with Gasteiger partial charge in [-0.25, -0.2) is 0 Å². The van der Waals surface area contributed by atoms with E-state index in [0.29, 0.717) is 5.92 Å². The molecule has 0 heterocycles. The Kier molecular flexibility index (Phi) is 4.59. The second-order valence-corrected chi connectivity index (χ2v) is 5.62. The molecule has 19 heavy (non-hydrogen) atoms. The molecule has 1 aliphatic carbocycles. The van der Waals surface area contributed by atoms with Crippen LogP contribution in [0.4, 0.5) is 0 Å². The average molecular weight is 262 g/mol. The third-order valence-corrected chi connectivity index (χ3v) is 4.22. The molecule has 1 saturated carbocycles. The second kappa shape index (κ2) is 6.20. The van der Waals surface area contributed by atoms with E-state index in [4.69, 9.17) is 5.11 Å². The van der Waals surface area contributed by atoms with Crippen molar-refractivity contribution in [2.45, 2.75) is 51.0 Å². The zero-order valence-electron chi connectivity index (χ0n) is 11.4. The molecule has 1 unspecified atom stereocenters. The molecule has 2 N–H and O–H groups in total. The number of rotatable bonds is 4. The molecule has 3 nitrogen and oxygen atoms in total. The van der Waals surface area contributed by atoms with Crippen molar-refractivity contribution in [1.29, 1.82) is 0 Å². The Morgan fingerprint density at radius 2 is 1.89 bits per heavy atom. The third kappa shape index (κ3) is 3.57. The minimum Gasteiger partial charge on any atom is -0.481 e. The van der Waals surface area contributed by atoms with E-state index in [0.717, 1.165) is 31.2 Å². The fourth-order valence-corrected chi connectivity index (χ4v) is 2.81. The molecule has 0 aliphatic heterocycles. The van der Waals surface area contributed by atoms with Gasteiger partial charge in [-0.2, -0.15) is 0 Å². The smallest absolute Gasteiger partial charge is 0.310 e. The first-order valence-corrected chi connectivity index (χ1v) is 7.07. The topological polar surface area (TPSA) is 57.5 Å². The molecule has 3 atom stereocenters. The summed E-state index contributed by atoms with van der Waals surface area (Å²) in [5.74, 6) is -0.902. The molecule has 1 fully saturated rings. The summed E-state index contributed by atoms with van der Waals surface area (Å²) in [5, 5.41) is 18.9. The van der Waals surface area contributed by atoms with Crippen molar-refractivity contribution in [3.05, 3.63) is 35.4 Å². The maximum Gasteiger partial charge on any atom is 0.310 e. The molecule has 3 heteroatoms. The lowest BCUT2D eigenvalue weighted by molar-refractivity contribution is -0.138. The molecular weight excluding hydrogens is 240 g/mol. The van der Waals surface area contributed by atoms with E-state index in [9.17, 15) is 9.90 Å². The van der Waals surface area contributed by atoms with Crippen LogP contribution >= 0.6 is 0 Å². The number of hydrogen-bond acceptors (Lipinski definition) is 2. The molecule has 0 aromatic heterocycles. The highest BCUT2D eigenvalue weighted by molar-refractivity contribution is 5.75. The van der Waals surface area contributed by atoms with E-state index in [1.807, 2.05) is 24.3 Å². The van der Waals surface area contributed by atoms with Crippen molar-refractivity contribution in [3.8, 4) is 0 Å². The number of carboxylic acid groups (broad SMARTS) is 1. The van der Waals surface area contributed by atoms with Crippen LogP contribution < -0.4 is 0 Å². The van der Waals surface area contributed by atoms with Gasteiger partial charge in [0, 0.05) is 0 Å². The lowest BCUT2D eigenvalue weighted by atomic mass is 9.82. The van der Waals surface area contributed by atoms with Crippen LogP contribution in [0.2, 0.25) is 0 Å². The summed E-state index contributed by atoms with van der Waals surface area (Å²) in [7, 11) is 0. The second-order valence-electron chi connectivity index (χ2n) is 5.62. The monoisotopic (exact) mass is 262 g/mol. The summed E-state index contributed by atoms with van der Waals surface area (Å²) in [6.45, 7) is 1.70. The molecule has 1 aromatic carbocycles. The largest absolute Gasteiger partial charge is 0.481 e. The highest BCUT2D eigenvalue weighted by atomic mass is 16.4. The van der Waals surface area contributed by atoms with Gasteiger partial charge in [0.15, 0.2) is 0 Å². The molecule has 1 aliphatic rings. The molecule has 104 valence electrons. The van der Waals surface area contributed by atoms with Crippen molar-refractivity contribution in [1.82, 2.24) is 0 Å². The Balaban J connectivity index is 2.00. The third-order valence-electron chi connectivity index (χ3n) is 4.22.